The van der Waals surface area contributed by atoms with E-state index in [4.69, 9.17) is 12.2 Å². The minimum Gasteiger partial charge on any atom is -0.364 e. The van der Waals surface area contributed by atoms with Crippen molar-refractivity contribution in [2.45, 2.75) is 40.0 Å². The summed E-state index contributed by atoms with van der Waals surface area (Å²) in [6.07, 6.45) is 3.43. The molecule has 86 valence electrons. The first-order chi connectivity index (χ1) is 6.93. The molecule has 0 unspecified atom stereocenters. The van der Waals surface area contributed by atoms with Crippen molar-refractivity contribution in [1.82, 2.24) is 10.7 Å². The van der Waals surface area contributed by atoms with Crippen molar-refractivity contribution in [3.8, 4) is 0 Å². The van der Waals surface area contributed by atoms with Crippen molar-refractivity contribution >= 4 is 23.0 Å². The third-order valence-corrected chi connectivity index (χ3v) is 3.01. The van der Waals surface area contributed by atoms with Gasteiger partial charge in [-0.2, -0.15) is 5.10 Å². The summed E-state index contributed by atoms with van der Waals surface area (Å²) in [5, 5.41) is 7.79. The highest BCUT2D eigenvalue weighted by Gasteiger charge is 2.29. The summed E-state index contributed by atoms with van der Waals surface area (Å²) in [6.45, 7) is 6.88. The number of rotatable bonds is 1. The Morgan fingerprint density at radius 3 is 2.73 bits per heavy atom. The fourth-order valence-electron chi connectivity index (χ4n) is 2.39. The summed E-state index contributed by atoms with van der Waals surface area (Å²) in [5.74, 6) is 0.720. The zero-order valence-electron chi connectivity index (χ0n) is 10.1. The molecule has 1 aliphatic carbocycles. The van der Waals surface area contributed by atoms with Gasteiger partial charge in [0.15, 0.2) is 5.11 Å². The van der Waals surface area contributed by atoms with Crippen LogP contribution in [-0.2, 0) is 0 Å². The summed E-state index contributed by atoms with van der Waals surface area (Å²) < 4.78 is 0. The molecule has 0 radical (unpaired) electrons. The van der Waals surface area contributed by atoms with E-state index in [0.717, 1.165) is 18.8 Å². The Morgan fingerprint density at radius 1 is 1.53 bits per heavy atom. The molecule has 0 bridgehead atoms. The molecule has 0 heterocycles. The average Bonchev–Trinajstić information content (AvgIpc) is 2.11. The summed E-state index contributed by atoms with van der Waals surface area (Å²) >= 11 is 4.98. The van der Waals surface area contributed by atoms with E-state index in [1.807, 2.05) is 0 Å². The summed E-state index contributed by atoms with van der Waals surface area (Å²) in [6, 6.07) is 0. The van der Waals surface area contributed by atoms with Crippen LogP contribution >= 0.6 is 12.2 Å². The Bertz CT molecular complexity index is 271. The third kappa shape index (κ3) is 4.16. The standard InChI is InChI=1S/C11H21N3S/c1-8-5-9(7-11(2,3)6-8)13-14-10(15)12-4/h8H,5-7H2,1-4H3,(H2,12,14,15)/b13-9-/t8-/m0/s1. The fourth-order valence-corrected chi connectivity index (χ4v) is 2.43. The molecular weight excluding hydrogens is 206 g/mol. The first kappa shape index (κ1) is 12.4. The van der Waals surface area contributed by atoms with E-state index in [0.29, 0.717) is 10.5 Å². The summed E-state index contributed by atoms with van der Waals surface area (Å²) in [5.41, 5.74) is 4.48. The highest BCUT2D eigenvalue weighted by molar-refractivity contribution is 7.80. The molecule has 0 aromatic carbocycles. The lowest BCUT2D eigenvalue weighted by Crippen LogP contribution is -2.33. The number of nitrogens with one attached hydrogen (secondary N) is 2. The van der Waals surface area contributed by atoms with Gasteiger partial charge in [-0.1, -0.05) is 20.8 Å². The SMILES string of the molecule is CNC(=S)N/N=C1/C[C@H](C)CC(C)(C)C1. The molecule has 4 heteroatoms. The predicted octanol–water partition coefficient (Wildman–Crippen LogP) is 2.28. The molecule has 2 N–H and O–H groups in total. The van der Waals surface area contributed by atoms with Crippen molar-refractivity contribution in [3.63, 3.8) is 0 Å². The van der Waals surface area contributed by atoms with Gasteiger partial charge >= 0.3 is 0 Å². The number of hydrogen-bond donors (Lipinski definition) is 2. The minimum atomic E-state index is 0.374. The summed E-state index contributed by atoms with van der Waals surface area (Å²) in [4.78, 5) is 0. The van der Waals surface area contributed by atoms with Crippen molar-refractivity contribution in [2.75, 3.05) is 7.05 Å². The van der Waals surface area contributed by atoms with Gasteiger partial charge in [0.05, 0.1) is 0 Å². The molecular formula is C11H21N3S. The maximum absolute atomic E-state index is 4.98. The van der Waals surface area contributed by atoms with Gasteiger partial charge in [0.2, 0.25) is 0 Å². The smallest absolute Gasteiger partial charge is 0.186 e. The highest BCUT2D eigenvalue weighted by atomic mass is 32.1. The van der Waals surface area contributed by atoms with Crippen LogP contribution in [-0.4, -0.2) is 17.9 Å². The molecule has 0 spiro atoms. The van der Waals surface area contributed by atoms with E-state index in [1.165, 1.54) is 12.1 Å². The van der Waals surface area contributed by atoms with E-state index in [9.17, 15) is 0 Å². The van der Waals surface area contributed by atoms with Crippen molar-refractivity contribution < 1.29 is 0 Å². The molecule has 1 aliphatic rings. The Labute approximate surface area is 97.7 Å². The van der Waals surface area contributed by atoms with E-state index in [-0.39, 0.29) is 0 Å². The maximum atomic E-state index is 4.98. The van der Waals surface area contributed by atoms with Crippen LogP contribution in [0.5, 0.6) is 0 Å². The lowest BCUT2D eigenvalue weighted by atomic mass is 9.72. The molecule has 3 nitrogen and oxygen atoms in total. The van der Waals surface area contributed by atoms with Crippen LogP contribution in [0.25, 0.3) is 0 Å². The number of hydrazone groups is 1. The molecule has 0 aromatic heterocycles. The van der Waals surface area contributed by atoms with Gasteiger partial charge in [-0.3, -0.25) is 5.43 Å². The van der Waals surface area contributed by atoms with Crippen LogP contribution in [0.2, 0.25) is 0 Å². The van der Waals surface area contributed by atoms with Crippen LogP contribution in [0.1, 0.15) is 40.0 Å². The Morgan fingerprint density at radius 2 is 2.20 bits per heavy atom. The molecule has 1 rings (SSSR count). The molecule has 1 atom stereocenters. The highest BCUT2D eigenvalue weighted by Crippen LogP contribution is 2.36. The predicted molar refractivity (Wildman–Crippen MR) is 69.0 cm³/mol. The molecule has 15 heavy (non-hydrogen) atoms. The fraction of sp³-hybridized carbons (Fsp3) is 0.818. The quantitative estimate of drug-likeness (QED) is 0.533. The first-order valence-corrected chi connectivity index (χ1v) is 5.87. The van der Waals surface area contributed by atoms with E-state index in [2.05, 4.69) is 36.6 Å². The van der Waals surface area contributed by atoms with E-state index in [1.54, 1.807) is 7.05 Å². The molecule has 0 aromatic rings. The Hall–Kier alpha value is -0.640. The van der Waals surface area contributed by atoms with Crippen LogP contribution in [0.15, 0.2) is 5.10 Å². The van der Waals surface area contributed by atoms with Crippen LogP contribution in [0.4, 0.5) is 0 Å². The van der Waals surface area contributed by atoms with E-state index >= 15 is 0 Å². The monoisotopic (exact) mass is 227 g/mol. The second-order valence-corrected chi connectivity index (χ2v) is 5.63. The third-order valence-electron chi connectivity index (χ3n) is 2.71. The molecule has 1 fully saturated rings. The lowest BCUT2D eigenvalue weighted by molar-refractivity contribution is 0.265. The second-order valence-electron chi connectivity index (χ2n) is 5.22. The van der Waals surface area contributed by atoms with Crippen LogP contribution in [0.3, 0.4) is 0 Å². The Balaban J connectivity index is 2.58. The number of hydrogen-bond acceptors (Lipinski definition) is 2. The van der Waals surface area contributed by atoms with Gasteiger partial charge in [0.1, 0.15) is 0 Å². The van der Waals surface area contributed by atoms with Crippen molar-refractivity contribution in [1.29, 1.82) is 0 Å². The topological polar surface area (TPSA) is 36.4 Å². The van der Waals surface area contributed by atoms with Gasteiger partial charge in [-0.15, -0.1) is 0 Å². The van der Waals surface area contributed by atoms with Gasteiger partial charge in [0, 0.05) is 12.8 Å². The minimum absolute atomic E-state index is 0.374. The van der Waals surface area contributed by atoms with Gasteiger partial charge in [-0.25, -0.2) is 0 Å². The maximum Gasteiger partial charge on any atom is 0.186 e. The van der Waals surface area contributed by atoms with Gasteiger partial charge in [-0.05, 0) is 42.8 Å². The molecule has 0 amide bonds. The number of thiocarbonyl (C=S) groups is 1. The molecule has 1 saturated carbocycles. The lowest BCUT2D eigenvalue weighted by Gasteiger charge is -2.34. The van der Waals surface area contributed by atoms with Crippen molar-refractivity contribution in [2.24, 2.45) is 16.4 Å². The molecule has 0 aliphatic heterocycles. The van der Waals surface area contributed by atoms with Crippen LogP contribution < -0.4 is 10.7 Å². The van der Waals surface area contributed by atoms with Gasteiger partial charge in [0.25, 0.3) is 0 Å². The van der Waals surface area contributed by atoms with Gasteiger partial charge < -0.3 is 5.32 Å². The zero-order valence-corrected chi connectivity index (χ0v) is 10.9. The zero-order chi connectivity index (χ0) is 11.5. The van der Waals surface area contributed by atoms with E-state index < -0.39 is 0 Å². The largest absolute Gasteiger partial charge is 0.364 e. The van der Waals surface area contributed by atoms with Crippen molar-refractivity contribution in [3.05, 3.63) is 0 Å². The average molecular weight is 227 g/mol. The molecule has 0 saturated heterocycles. The number of nitrogens with zero attached hydrogens (tertiary/aromatic N) is 1. The second kappa shape index (κ2) is 4.92. The normalized spacial score (nSPS) is 27.5. The van der Waals surface area contributed by atoms with Crippen LogP contribution in [0, 0.1) is 11.3 Å². The Kier molecular flexibility index (Phi) is 4.08. The summed E-state index contributed by atoms with van der Waals surface area (Å²) in [7, 11) is 1.79. The first-order valence-electron chi connectivity index (χ1n) is 5.46.